The van der Waals surface area contributed by atoms with Crippen molar-refractivity contribution in [2.45, 2.75) is 6.54 Å². The maximum atomic E-state index is 6.13. The normalized spacial score (nSPS) is 11.1. The number of hydrogen-bond acceptors (Lipinski definition) is 1. The molecule has 2 heterocycles. The van der Waals surface area contributed by atoms with Gasteiger partial charge in [0, 0.05) is 41.6 Å². The molecule has 2 nitrogen and oxygen atoms in total. The Labute approximate surface area is 150 Å². The SMILES string of the molecule is Clc1ccc(Cn2ccc3c(-c4cccnc4)cccc32)cc1Cl. The van der Waals surface area contributed by atoms with E-state index in [-0.39, 0.29) is 0 Å². The third kappa shape index (κ3) is 2.79. The third-order valence-electron chi connectivity index (χ3n) is 4.12. The highest BCUT2D eigenvalue weighted by molar-refractivity contribution is 6.42. The van der Waals surface area contributed by atoms with Gasteiger partial charge in [-0.1, -0.05) is 47.5 Å². The predicted molar refractivity (Wildman–Crippen MR) is 101 cm³/mol. The summed E-state index contributed by atoms with van der Waals surface area (Å²) in [5, 5.41) is 2.38. The summed E-state index contributed by atoms with van der Waals surface area (Å²) in [4.78, 5) is 4.23. The van der Waals surface area contributed by atoms with E-state index in [4.69, 9.17) is 23.2 Å². The van der Waals surface area contributed by atoms with Crippen LogP contribution in [0, 0.1) is 0 Å². The lowest BCUT2D eigenvalue weighted by Crippen LogP contribution is -1.97. The van der Waals surface area contributed by atoms with Gasteiger partial charge in [-0.3, -0.25) is 4.98 Å². The van der Waals surface area contributed by atoms with Crippen LogP contribution in [0.4, 0.5) is 0 Å². The molecule has 2 aromatic heterocycles. The first kappa shape index (κ1) is 15.3. The van der Waals surface area contributed by atoms with Crippen LogP contribution in [0.3, 0.4) is 0 Å². The third-order valence-corrected chi connectivity index (χ3v) is 4.86. The highest BCUT2D eigenvalue weighted by atomic mass is 35.5. The van der Waals surface area contributed by atoms with Gasteiger partial charge in [0.15, 0.2) is 0 Å². The Morgan fingerprint density at radius 2 is 1.83 bits per heavy atom. The topological polar surface area (TPSA) is 17.8 Å². The van der Waals surface area contributed by atoms with E-state index in [9.17, 15) is 0 Å². The monoisotopic (exact) mass is 352 g/mol. The van der Waals surface area contributed by atoms with Crippen molar-refractivity contribution in [1.29, 1.82) is 0 Å². The molecule has 0 atom stereocenters. The van der Waals surface area contributed by atoms with Crippen molar-refractivity contribution in [3.8, 4) is 11.1 Å². The van der Waals surface area contributed by atoms with Gasteiger partial charge in [-0.2, -0.15) is 0 Å². The van der Waals surface area contributed by atoms with Gasteiger partial charge in [-0.05, 0) is 41.5 Å². The van der Waals surface area contributed by atoms with E-state index in [2.05, 4.69) is 46.1 Å². The van der Waals surface area contributed by atoms with Crippen molar-refractivity contribution in [2.24, 2.45) is 0 Å². The fourth-order valence-corrected chi connectivity index (χ4v) is 3.29. The van der Waals surface area contributed by atoms with Gasteiger partial charge in [-0.25, -0.2) is 0 Å². The molecule has 0 fully saturated rings. The predicted octanol–water partition coefficient (Wildman–Crippen LogP) is 6.06. The molecule has 0 aliphatic rings. The van der Waals surface area contributed by atoms with Crippen LogP contribution in [0.1, 0.15) is 5.56 Å². The van der Waals surface area contributed by atoms with Crippen molar-refractivity contribution in [3.63, 3.8) is 0 Å². The summed E-state index contributed by atoms with van der Waals surface area (Å²) in [5.74, 6) is 0. The highest BCUT2D eigenvalue weighted by Gasteiger charge is 2.08. The zero-order chi connectivity index (χ0) is 16.5. The Hall–Kier alpha value is -2.29. The minimum Gasteiger partial charge on any atom is -0.343 e. The Kier molecular flexibility index (Phi) is 4.01. The molecule has 24 heavy (non-hydrogen) atoms. The number of aromatic nitrogens is 2. The molecule has 4 aromatic rings. The molecule has 0 aliphatic carbocycles. The van der Waals surface area contributed by atoms with Crippen molar-refractivity contribution in [3.05, 3.63) is 88.8 Å². The average molecular weight is 353 g/mol. The van der Waals surface area contributed by atoms with Crippen LogP contribution in [0.15, 0.2) is 73.2 Å². The number of benzene rings is 2. The number of fused-ring (bicyclic) bond motifs is 1. The first-order valence-electron chi connectivity index (χ1n) is 7.64. The number of pyridine rings is 1. The maximum absolute atomic E-state index is 6.13. The van der Waals surface area contributed by atoms with Crippen molar-refractivity contribution in [2.75, 3.05) is 0 Å². The number of nitrogens with zero attached hydrogens (tertiary/aromatic N) is 2. The van der Waals surface area contributed by atoms with E-state index in [1.165, 1.54) is 16.5 Å². The number of halogens is 2. The molecule has 0 aliphatic heterocycles. The molecule has 4 rings (SSSR count). The van der Waals surface area contributed by atoms with Crippen LogP contribution in [-0.2, 0) is 6.54 Å². The summed E-state index contributed by atoms with van der Waals surface area (Å²) in [6.45, 7) is 0.747. The second-order valence-electron chi connectivity index (χ2n) is 5.67. The van der Waals surface area contributed by atoms with Crippen LogP contribution in [0.25, 0.3) is 22.0 Å². The van der Waals surface area contributed by atoms with Gasteiger partial charge in [0.25, 0.3) is 0 Å². The molecule has 0 saturated heterocycles. The second-order valence-corrected chi connectivity index (χ2v) is 6.49. The van der Waals surface area contributed by atoms with Gasteiger partial charge < -0.3 is 4.57 Å². The molecular formula is C20H14Cl2N2. The molecule has 0 amide bonds. The lowest BCUT2D eigenvalue weighted by Gasteiger charge is -2.08. The first-order valence-corrected chi connectivity index (χ1v) is 8.40. The molecule has 0 saturated carbocycles. The largest absolute Gasteiger partial charge is 0.343 e. The van der Waals surface area contributed by atoms with E-state index >= 15 is 0 Å². The molecule has 0 N–H and O–H groups in total. The Bertz CT molecular complexity index is 1010. The van der Waals surface area contributed by atoms with Gasteiger partial charge in [0.1, 0.15) is 0 Å². The smallest absolute Gasteiger partial charge is 0.0595 e. The van der Waals surface area contributed by atoms with Crippen LogP contribution >= 0.6 is 23.2 Å². The van der Waals surface area contributed by atoms with E-state index in [1.807, 2.05) is 30.5 Å². The minimum absolute atomic E-state index is 0.580. The van der Waals surface area contributed by atoms with E-state index in [1.54, 1.807) is 6.20 Å². The minimum atomic E-state index is 0.580. The lowest BCUT2D eigenvalue weighted by atomic mass is 10.0. The molecule has 4 heteroatoms. The average Bonchev–Trinajstić information content (AvgIpc) is 3.02. The molecule has 2 aromatic carbocycles. The van der Waals surface area contributed by atoms with E-state index in [0.29, 0.717) is 10.0 Å². The van der Waals surface area contributed by atoms with Crippen LogP contribution in [-0.4, -0.2) is 9.55 Å². The van der Waals surface area contributed by atoms with Crippen molar-refractivity contribution in [1.82, 2.24) is 9.55 Å². The Morgan fingerprint density at radius 1 is 0.917 bits per heavy atom. The zero-order valence-corrected chi connectivity index (χ0v) is 14.3. The summed E-state index contributed by atoms with van der Waals surface area (Å²) in [7, 11) is 0. The quantitative estimate of drug-likeness (QED) is 0.438. The summed E-state index contributed by atoms with van der Waals surface area (Å²) >= 11 is 12.1. The maximum Gasteiger partial charge on any atom is 0.0595 e. The summed E-state index contributed by atoms with van der Waals surface area (Å²) in [6.07, 6.45) is 5.79. The van der Waals surface area contributed by atoms with Gasteiger partial charge in [0.05, 0.1) is 10.0 Å². The van der Waals surface area contributed by atoms with Crippen molar-refractivity contribution < 1.29 is 0 Å². The number of rotatable bonds is 3. The molecular weight excluding hydrogens is 339 g/mol. The molecule has 0 bridgehead atoms. The summed E-state index contributed by atoms with van der Waals surface area (Å²) in [6, 6.07) is 18.3. The summed E-state index contributed by atoms with van der Waals surface area (Å²) < 4.78 is 2.22. The van der Waals surface area contributed by atoms with Gasteiger partial charge in [-0.15, -0.1) is 0 Å². The van der Waals surface area contributed by atoms with Crippen molar-refractivity contribution >= 4 is 34.1 Å². The van der Waals surface area contributed by atoms with E-state index in [0.717, 1.165) is 17.7 Å². The highest BCUT2D eigenvalue weighted by Crippen LogP contribution is 2.30. The zero-order valence-electron chi connectivity index (χ0n) is 12.8. The van der Waals surface area contributed by atoms with Crippen LogP contribution < -0.4 is 0 Å². The van der Waals surface area contributed by atoms with Crippen LogP contribution in [0.2, 0.25) is 10.0 Å². The standard InChI is InChI=1S/C20H14Cl2N2/c21-18-7-6-14(11-19(18)22)13-24-10-8-17-16(4-1-5-20(17)24)15-3-2-9-23-12-15/h1-12H,13H2. The first-order chi connectivity index (χ1) is 11.7. The summed E-state index contributed by atoms with van der Waals surface area (Å²) in [5.41, 5.74) is 4.61. The molecule has 0 spiro atoms. The number of hydrogen-bond donors (Lipinski definition) is 0. The fraction of sp³-hybridized carbons (Fsp3) is 0.0500. The van der Waals surface area contributed by atoms with Gasteiger partial charge in [0.2, 0.25) is 0 Å². The second kappa shape index (κ2) is 6.31. The van der Waals surface area contributed by atoms with Crippen LogP contribution in [0.5, 0.6) is 0 Å². The molecule has 0 unspecified atom stereocenters. The fourth-order valence-electron chi connectivity index (χ4n) is 2.97. The van der Waals surface area contributed by atoms with E-state index < -0.39 is 0 Å². The van der Waals surface area contributed by atoms with Gasteiger partial charge >= 0.3 is 0 Å². The Morgan fingerprint density at radius 3 is 2.62 bits per heavy atom. The Balaban J connectivity index is 1.77. The lowest BCUT2D eigenvalue weighted by molar-refractivity contribution is 0.837. The molecule has 118 valence electrons. The molecule has 0 radical (unpaired) electrons.